The first-order valence-electron chi connectivity index (χ1n) is 7.08. The summed E-state index contributed by atoms with van der Waals surface area (Å²) < 4.78 is 22.4. The zero-order chi connectivity index (χ0) is 16.8. The van der Waals surface area contributed by atoms with Crippen molar-refractivity contribution in [2.24, 2.45) is 0 Å². The minimum absolute atomic E-state index is 0.0648. The molecule has 1 atom stereocenters. The molecule has 22 heavy (non-hydrogen) atoms. The Morgan fingerprint density at radius 1 is 1.18 bits per heavy atom. The highest BCUT2D eigenvalue weighted by Gasteiger charge is 2.16. The molecule has 0 saturated heterocycles. The second-order valence-electron chi connectivity index (χ2n) is 5.25. The molecule has 0 fully saturated rings. The van der Waals surface area contributed by atoms with E-state index in [1.807, 2.05) is 6.92 Å². The molecule has 1 aromatic carbocycles. The average Bonchev–Trinajstić information content (AvgIpc) is 2.43. The van der Waals surface area contributed by atoms with Gasteiger partial charge in [0.1, 0.15) is 6.04 Å². The maximum atomic E-state index is 12.0. The van der Waals surface area contributed by atoms with E-state index < -0.39 is 15.9 Å². The van der Waals surface area contributed by atoms with E-state index in [9.17, 15) is 18.0 Å². The zero-order valence-corrected chi connectivity index (χ0v) is 13.9. The van der Waals surface area contributed by atoms with Crippen molar-refractivity contribution in [2.45, 2.75) is 32.1 Å². The van der Waals surface area contributed by atoms with Crippen molar-refractivity contribution in [3.8, 4) is 0 Å². The Kier molecular flexibility index (Phi) is 6.55. The standard InChI is InChI=1S/C15H22N2O4S/c1-4-9-16-14(18)11(2)17-15(19)13-7-5-12(6-8-13)10-22(3,20)21/h5-8,11H,4,9-10H2,1-3H3,(H,16,18)(H,17,19)/t11-/m1/s1. The second kappa shape index (κ2) is 7.93. The van der Waals surface area contributed by atoms with E-state index in [2.05, 4.69) is 10.6 Å². The van der Waals surface area contributed by atoms with E-state index in [1.54, 1.807) is 31.2 Å². The van der Waals surface area contributed by atoms with Crippen molar-refractivity contribution in [3.05, 3.63) is 35.4 Å². The number of benzene rings is 1. The lowest BCUT2D eigenvalue weighted by Crippen LogP contribution is -2.45. The molecule has 0 aliphatic heterocycles. The molecule has 0 spiro atoms. The quantitative estimate of drug-likeness (QED) is 0.778. The van der Waals surface area contributed by atoms with E-state index in [4.69, 9.17) is 0 Å². The highest BCUT2D eigenvalue weighted by molar-refractivity contribution is 7.89. The third kappa shape index (κ3) is 6.26. The van der Waals surface area contributed by atoms with E-state index in [1.165, 1.54) is 0 Å². The van der Waals surface area contributed by atoms with Crippen LogP contribution < -0.4 is 10.6 Å². The van der Waals surface area contributed by atoms with E-state index >= 15 is 0 Å². The Bertz CT molecular complexity index is 623. The van der Waals surface area contributed by atoms with Gasteiger partial charge in [0, 0.05) is 18.4 Å². The van der Waals surface area contributed by atoms with Crippen LogP contribution in [-0.4, -0.2) is 39.1 Å². The predicted octanol–water partition coefficient (Wildman–Crippen LogP) is 0.876. The Labute approximate surface area is 131 Å². The van der Waals surface area contributed by atoms with Crippen LogP contribution in [0.25, 0.3) is 0 Å². The highest BCUT2D eigenvalue weighted by Crippen LogP contribution is 2.08. The molecule has 6 nitrogen and oxygen atoms in total. The van der Waals surface area contributed by atoms with Gasteiger partial charge in [0.05, 0.1) is 5.75 Å². The fourth-order valence-electron chi connectivity index (χ4n) is 1.80. The Balaban J connectivity index is 2.64. The Morgan fingerprint density at radius 3 is 2.27 bits per heavy atom. The maximum Gasteiger partial charge on any atom is 0.251 e. The van der Waals surface area contributed by atoms with Crippen molar-refractivity contribution in [3.63, 3.8) is 0 Å². The predicted molar refractivity (Wildman–Crippen MR) is 85.2 cm³/mol. The van der Waals surface area contributed by atoms with Crippen molar-refractivity contribution in [2.75, 3.05) is 12.8 Å². The smallest absolute Gasteiger partial charge is 0.251 e. The van der Waals surface area contributed by atoms with E-state index in [0.29, 0.717) is 17.7 Å². The molecule has 0 aromatic heterocycles. The number of carbonyl (C=O) groups is 2. The Hall–Kier alpha value is -1.89. The lowest BCUT2D eigenvalue weighted by Gasteiger charge is -2.14. The first-order chi connectivity index (χ1) is 10.2. The van der Waals surface area contributed by atoms with Crippen LogP contribution >= 0.6 is 0 Å². The van der Waals surface area contributed by atoms with Gasteiger partial charge in [-0.1, -0.05) is 19.1 Å². The van der Waals surface area contributed by atoms with Gasteiger partial charge in [-0.2, -0.15) is 0 Å². The molecule has 122 valence electrons. The molecule has 0 radical (unpaired) electrons. The van der Waals surface area contributed by atoms with Crippen LogP contribution in [0.3, 0.4) is 0 Å². The van der Waals surface area contributed by atoms with Gasteiger partial charge in [-0.15, -0.1) is 0 Å². The normalized spacial score (nSPS) is 12.5. The topological polar surface area (TPSA) is 92.3 Å². The molecule has 0 unspecified atom stereocenters. The fraction of sp³-hybridized carbons (Fsp3) is 0.467. The summed E-state index contributed by atoms with van der Waals surface area (Å²) in [6, 6.07) is 5.66. The minimum atomic E-state index is -3.10. The molecule has 0 aliphatic carbocycles. The summed E-state index contributed by atoms with van der Waals surface area (Å²) in [6.45, 7) is 4.13. The van der Waals surface area contributed by atoms with Gasteiger partial charge in [-0.3, -0.25) is 9.59 Å². The van der Waals surface area contributed by atoms with Gasteiger partial charge in [0.15, 0.2) is 9.84 Å². The number of sulfone groups is 1. The van der Waals surface area contributed by atoms with Gasteiger partial charge in [0.2, 0.25) is 5.91 Å². The lowest BCUT2D eigenvalue weighted by atomic mass is 10.1. The first kappa shape index (κ1) is 18.2. The van der Waals surface area contributed by atoms with Crippen molar-refractivity contribution in [1.82, 2.24) is 10.6 Å². The van der Waals surface area contributed by atoms with Crippen LogP contribution in [0, 0.1) is 0 Å². The molecule has 0 heterocycles. The minimum Gasteiger partial charge on any atom is -0.354 e. The first-order valence-corrected chi connectivity index (χ1v) is 9.14. The van der Waals surface area contributed by atoms with Crippen molar-refractivity contribution < 1.29 is 18.0 Å². The molecule has 1 rings (SSSR count). The molecule has 1 aromatic rings. The van der Waals surface area contributed by atoms with Crippen molar-refractivity contribution >= 4 is 21.7 Å². The zero-order valence-electron chi connectivity index (χ0n) is 13.0. The SMILES string of the molecule is CCCNC(=O)[C@@H](C)NC(=O)c1ccc(CS(C)(=O)=O)cc1. The highest BCUT2D eigenvalue weighted by atomic mass is 32.2. The molecule has 0 saturated carbocycles. The number of hydrogen-bond acceptors (Lipinski definition) is 4. The molecule has 7 heteroatoms. The lowest BCUT2D eigenvalue weighted by molar-refractivity contribution is -0.122. The van der Waals surface area contributed by atoms with Gasteiger partial charge >= 0.3 is 0 Å². The van der Waals surface area contributed by atoms with Crippen molar-refractivity contribution in [1.29, 1.82) is 0 Å². The van der Waals surface area contributed by atoms with E-state index in [-0.39, 0.29) is 17.6 Å². The van der Waals surface area contributed by atoms with Gasteiger partial charge in [-0.25, -0.2) is 8.42 Å². The Morgan fingerprint density at radius 2 is 1.77 bits per heavy atom. The van der Waals surface area contributed by atoms with Crippen LogP contribution in [-0.2, 0) is 20.4 Å². The van der Waals surface area contributed by atoms with Crippen LogP contribution in [0.4, 0.5) is 0 Å². The summed E-state index contributed by atoms with van der Waals surface area (Å²) in [5, 5.41) is 5.31. The molecule has 2 N–H and O–H groups in total. The number of rotatable bonds is 7. The van der Waals surface area contributed by atoms with Crippen LogP contribution in [0.15, 0.2) is 24.3 Å². The largest absolute Gasteiger partial charge is 0.354 e. The van der Waals surface area contributed by atoms with Crippen LogP contribution in [0.2, 0.25) is 0 Å². The molecule has 2 amide bonds. The summed E-state index contributed by atoms with van der Waals surface area (Å²) in [5.74, 6) is -0.668. The molecular weight excluding hydrogens is 304 g/mol. The summed E-state index contributed by atoms with van der Waals surface area (Å²) in [6.07, 6.45) is 1.98. The third-order valence-corrected chi connectivity index (χ3v) is 3.79. The molecule has 0 bridgehead atoms. The third-order valence-electron chi connectivity index (χ3n) is 2.94. The number of amides is 2. The average molecular weight is 326 g/mol. The summed E-state index contributed by atoms with van der Waals surface area (Å²) in [7, 11) is -3.10. The second-order valence-corrected chi connectivity index (χ2v) is 7.39. The fourth-order valence-corrected chi connectivity index (χ4v) is 2.60. The summed E-state index contributed by atoms with van der Waals surface area (Å²) >= 11 is 0. The molecular formula is C15H22N2O4S. The van der Waals surface area contributed by atoms with Crippen LogP contribution in [0.1, 0.15) is 36.2 Å². The summed E-state index contributed by atoms with van der Waals surface area (Å²) in [4.78, 5) is 23.7. The van der Waals surface area contributed by atoms with Gasteiger partial charge < -0.3 is 10.6 Å². The van der Waals surface area contributed by atoms with Gasteiger partial charge in [0.25, 0.3) is 5.91 Å². The monoisotopic (exact) mass is 326 g/mol. The van der Waals surface area contributed by atoms with Crippen LogP contribution in [0.5, 0.6) is 0 Å². The number of hydrogen-bond donors (Lipinski definition) is 2. The number of nitrogens with one attached hydrogen (secondary N) is 2. The number of carbonyl (C=O) groups excluding carboxylic acids is 2. The molecule has 0 aliphatic rings. The van der Waals surface area contributed by atoms with E-state index in [0.717, 1.165) is 12.7 Å². The summed E-state index contributed by atoms with van der Waals surface area (Å²) in [5.41, 5.74) is 1.00. The maximum absolute atomic E-state index is 12.0. The van der Waals surface area contributed by atoms with Gasteiger partial charge in [-0.05, 0) is 31.0 Å².